The zero-order chi connectivity index (χ0) is 20.1. The quantitative estimate of drug-likeness (QED) is 0.591. The number of piperazine rings is 1. The minimum Gasteiger partial charge on any atom is -0.325 e. The third kappa shape index (κ3) is 5.28. The highest BCUT2D eigenvalue weighted by atomic mass is 35.5. The number of rotatable bonds is 6. The Bertz CT molecular complexity index is 836. The predicted octanol–water partition coefficient (Wildman–Crippen LogP) is 3.39. The van der Waals surface area contributed by atoms with Crippen molar-refractivity contribution in [1.29, 1.82) is 0 Å². The van der Waals surface area contributed by atoms with E-state index in [-0.39, 0.29) is 17.6 Å². The Morgan fingerprint density at radius 1 is 1.18 bits per heavy atom. The van der Waals surface area contributed by atoms with Crippen LogP contribution < -0.4 is 5.32 Å². The number of carbonyl (C=O) groups is 1. The fourth-order valence-corrected chi connectivity index (χ4v) is 3.49. The number of nitrogens with one attached hydrogen (secondary N) is 1. The van der Waals surface area contributed by atoms with Gasteiger partial charge in [0.15, 0.2) is 0 Å². The van der Waals surface area contributed by atoms with E-state index in [0.717, 1.165) is 37.7 Å². The summed E-state index contributed by atoms with van der Waals surface area (Å²) in [5.74, 6) is -0.114. The average molecular weight is 403 g/mol. The summed E-state index contributed by atoms with van der Waals surface area (Å²) in [5.41, 5.74) is 1.74. The van der Waals surface area contributed by atoms with Gasteiger partial charge in [0.2, 0.25) is 5.91 Å². The molecule has 1 unspecified atom stereocenters. The molecule has 0 aliphatic carbocycles. The zero-order valence-electron chi connectivity index (χ0n) is 15.7. The molecule has 1 aliphatic heterocycles. The van der Waals surface area contributed by atoms with Crippen molar-refractivity contribution in [2.45, 2.75) is 19.5 Å². The second-order valence-corrected chi connectivity index (χ2v) is 7.35. The minimum absolute atomic E-state index is 0.00173. The van der Waals surface area contributed by atoms with Crippen LogP contribution in [0.4, 0.5) is 11.4 Å². The van der Waals surface area contributed by atoms with Gasteiger partial charge >= 0.3 is 0 Å². The van der Waals surface area contributed by atoms with Crippen molar-refractivity contribution in [3.63, 3.8) is 0 Å². The summed E-state index contributed by atoms with van der Waals surface area (Å²) < 4.78 is 0. The maximum absolute atomic E-state index is 12.5. The van der Waals surface area contributed by atoms with E-state index in [4.69, 9.17) is 11.6 Å². The second-order valence-electron chi connectivity index (χ2n) is 6.91. The van der Waals surface area contributed by atoms with E-state index in [0.29, 0.717) is 5.69 Å². The number of carbonyl (C=O) groups excluding carboxylic acids is 1. The lowest BCUT2D eigenvalue weighted by atomic mass is 10.1. The monoisotopic (exact) mass is 402 g/mol. The summed E-state index contributed by atoms with van der Waals surface area (Å²) in [6.45, 7) is 6.08. The molecule has 0 radical (unpaired) electrons. The Balaban J connectivity index is 1.49. The first-order valence-electron chi connectivity index (χ1n) is 9.18. The standard InChI is InChI=1S/C20H23ClN4O3/c1-15(20(26)22-18-5-7-19(8-6-18)25(27)28)24-11-9-23(10-12-24)14-16-3-2-4-17(21)13-16/h2-8,13,15H,9-12,14H2,1H3,(H,22,26). The van der Waals surface area contributed by atoms with Crippen LogP contribution >= 0.6 is 11.6 Å². The van der Waals surface area contributed by atoms with Gasteiger partial charge in [-0.15, -0.1) is 0 Å². The molecule has 3 rings (SSSR count). The molecule has 2 aromatic carbocycles. The number of hydrogen-bond donors (Lipinski definition) is 1. The number of nitro benzene ring substituents is 1. The number of nitro groups is 1. The van der Waals surface area contributed by atoms with E-state index in [1.165, 1.54) is 17.7 Å². The van der Waals surface area contributed by atoms with Gasteiger partial charge in [0.25, 0.3) is 5.69 Å². The van der Waals surface area contributed by atoms with Gasteiger partial charge in [-0.2, -0.15) is 0 Å². The van der Waals surface area contributed by atoms with Crippen molar-refractivity contribution in [3.8, 4) is 0 Å². The summed E-state index contributed by atoms with van der Waals surface area (Å²) in [6.07, 6.45) is 0. The predicted molar refractivity (Wildman–Crippen MR) is 109 cm³/mol. The van der Waals surface area contributed by atoms with Crippen molar-refractivity contribution in [2.75, 3.05) is 31.5 Å². The molecule has 0 saturated carbocycles. The smallest absolute Gasteiger partial charge is 0.269 e. The lowest BCUT2D eigenvalue weighted by Gasteiger charge is -2.37. The van der Waals surface area contributed by atoms with Crippen molar-refractivity contribution >= 4 is 28.9 Å². The van der Waals surface area contributed by atoms with Gasteiger partial charge in [0.1, 0.15) is 0 Å². The number of benzene rings is 2. The van der Waals surface area contributed by atoms with Gasteiger partial charge in [-0.05, 0) is 36.8 Å². The molecule has 1 amide bonds. The maximum atomic E-state index is 12.5. The van der Waals surface area contributed by atoms with Crippen LogP contribution in [0, 0.1) is 10.1 Å². The number of anilines is 1. The largest absolute Gasteiger partial charge is 0.325 e. The van der Waals surface area contributed by atoms with Gasteiger partial charge in [0.05, 0.1) is 11.0 Å². The molecule has 28 heavy (non-hydrogen) atoms. The SMILES string of the molecule is CC(C(=O)Nc1ccc([N+](=O)[O-])cc1)N1CCN(Cc2cccc(Cl)c2)CC1. The van der Waals surface area contributed by atoms with E-state index < -0.39 is 4.92 Å². The van der Waals surface area contributed by atoms with Crippen LogP contribution in [0.2, 0.25) is 5.02 Å². The molecule has 1 aliphatic rings. The molecule has 1 heterocycles. The molecular weight excluding hydrogens is 380 g/mol. The molecule has 0 spiro atoms. The van der Waals surface area contributed by atoms with E-state index in [2.05, 4.69) is 21.2 Å². The summed E-state index contributed by atoms with van der Waals surface area (Å²) in [7, 11) is 0. The topological polar surface area (TPSA) is 78.7 Å². The normalized spacial score (nSPS) is 16.5. The van der Waals surface area contributed by atoms with Crippen LogP contribution in [-0.2, 0) is 11.3 Å². The van der Waals surface area contributed by atoms with Gasteiger partial charge in [0, 0.05) is 55.6 Å². The summed E-state index contributed by atoms with van der Waals surface area (Å²) in [4.78, 5) is 27.3. The fourth-order valence-electron chi connectivity index (χ4n) is 3.28. The highest BCUT2D eigenvalue weighted by Gasteiger charge is 2.25. The van der Waals surface area contributed by atoms with Crippen LogP contribution in [0.15, 0.2) is 48.5 Å². The molecule has 0 aromatic heterocycles. The second kappa shape index (κ2) is 9.14. The van der Waals surface area contributed by atoms with E-state index in [1.807, 2.05) is 25.1 Å². The Morgan fingerprint density at radius 3 is 2.46 bits per heavy atom. The number of amides is 1. The number of halogens is 1. The third-order valence-electron chi connectivity index (χ3n) is 4.97. The Labute approximate surface area is 169 Å². The minimum atomic E-state index is -0.461. The summed E-state index contributed by atoms with van der Waals surface area (Å²) in [6, 6.07) is 13.5. The highest BCUT2D eigenvalue weighted by Crippen LogP contribution is 2.17. The Kier molecular flexibility index (Phi) is 6.61. The molecule has 1 N–H and O–H groups in total. The van der Waals surface area contributed by atoms with Crippen LogP contribution in [0.5, 0.6) is 0 Å². The number of non-ortho nitro benzene ring substituents is 1. The Morgan fingerprint density at radius 2 is 1.86 bits per heavy atom. The van der Waals surface area contributed by atoms with Gasteiger partial charge in [-0.3, -0.25) is 24.7 Å². The first-order chi connectivity index (χ1) is 13.4. The number of nitrogens with zero attached hydrogens (tertiary/aromatic N) is 3. The molecule has 2 aromatic rings. The zero-order valence-corrected chi connectivity index (χ0v) is 16.4. The van der Waals surface area contributed by atoms with Gasteiger partial charge in [-0.25, -0.2) is 0 Å². The number of hydrogen-bond acceptors (Lipinski definition) is 5. The van der Waals surface area contributed by atoms with Crippen molar-refractivity contribution in [3.05, 3.63) is 69.2 Å². The molecule has 0 bridgehead atoms. The average Bonchev–Trinajstić information content (AvgIpc) is 2.68. The first-order valence-corrected chi connectivity index (χ1v) is 9.56. The highest BCUT2D eigenvalue weighted by molar-refractivity contribution is 6.30. The van der Waals surface area contributed by atoms with Crippen LogP contribution in [0.25, 0.3) is 0 Å². The molecule has 1 saturated heterocycles. The van der Waals surface area contributed by atoms with E-state index in [1.54, 1.807) is 12.1 Å². The van der Waals surface area contributed by atoms with Crippen LogP contribution in [-0.4, -0.2) is 52.9 Å². The van der Waals surface area contributed by atoms with Gasteiger partial charge < -0.3 is 5.32 Å². The van der Waals surface area contributed by atoms with Crippen LogP contribution in [0.1, 0.15) is 12.5 Å². The van der Waals surface area contributed by atoms with E-state index >= 15 is 0 Å². The van der Waals surface area contributed by atoms with Crippen molar-refractivity contribution in [1.82, 2.24) is 9.80 Å². The lowest BCUT2D eigenvalue weighted by molar-refractivity contribution is -0.384. The molecule has 148 valence electrons. The van der Waals surface area contributed by atoms with Crippen molar-refractivity contribution < 1.29 is 9.72 Å². The first kappa shape index (κ1) is 20.3. The van der Waals surface area contributed by atoms with Gasteiger partial charge in [-0.1, -0.05) is 23.7 Å². The molecule has 1 fully saturated rings. The van der Waals surface area contributed by atoms with Crippen molar-refractivity contribution in [2.24, 2.45) is 0 Å². The molecular formula is C20H23ClN4O3. The molecule has 1 atom stereocenters. The van der Waals surface area contributed by atoms with Crippen LogP contribution in [0.3, 0.4) is 0 Å². The fraction of sp³-hybridized carbons (Fsp3) is 0.350. The lowest BCUT2D eigenvalue weighted by Crippen LogP contribution is -2.52. The summed E-state index contributed by atoms with van der Waals surface area (Å²) in [5, 5.41) is 14.3. The molecule has 8 heteroatoms. The third-order valence-corrected chi connectivity index (χ3v) is 5.21. The maximum Gasteiger partial charge on any atom is 0.269 e. The summed E-state index contributed by atoms with van der Waals surface area (Å²) >= 11 is 6.05. The Hall–Kier alpha value is -2.48. The molecule has 7 nitrogen and oxygen atoms in total. The van der Waals surface area contributed by atoms with E-state index in [9.17, 15) is 14.9 Å².